The summed E-state index contributed by atoms with van der Waals surface area (Å²) in [6.07, 6.45) is 1.70. The van der Waals surface area contributed by atoms with Crippen LogP contribution < -0.4 is 4.74 Å². The number of methoxy groups -OCH3 is 1. The van der Waals surface area contributed by atoms with Crippen LogP contribution in [0.5, 0.6) is 11.5 Å². The van der Waals surface area contributed by atoms with E-state index in [1.807, 2.05) is 22.6 Å². The number of rotatable bonds is 3. The molecule has 0 spiro atoms. The summed E-state index contributed by atoms with van der Waals surface area (Å²) in [5.74, 6) is 0.429. The van der Waals surface area contributed by atoms with Crippen molar-refractivity contribution in [3.8, 4) is 17.6 Å². The van der Waals surface area contributed by atoms with Crippen LogP contribution in [0.15, 0.2) is 30.3 Å². The van der Waals surface area contributed by atoms with Crippen molar-refractivity contribution >= 4 is 57.4 Å². The van der Waals surface area contributed by atoms with Gasteiger partial charge in [-0.25, -0.2) is 0 Å². The fourth-order valence-electron chi connectivity index (χ4n) is 1.84. The summed E-state index contributed by atoms with van der Waals surface area (Å²) in [6.45, 7) is 0. The number of hydrogen-bond acceptors (Lipinski definition) is 3. The van der Waals surface area contributed by atoms with Gasteiger partial charge in [-0.15, -0.1) is 0 Å². The van der Waals surface area contributed by atoms with Gasteiger partial charge in [0.1, 0.15) is 0 Å². The van der Waals surface area contributed by atoms with E-state index in [-0.39, 0.29) is 5.75 Å². The van der Waals surface area contributed by atoms with E-state index < -0.39 is 0 Å². The third-order valence-electron chi connectivity index (χ3n) is 2.93. The fourth-order valence-corrected chi connectivity index (χ4v) is 2.77. The van der Waals surface area contributed by atoms with Gasteiger partial charge in [0, 0.05) is 0 Å². The van der Waals surface area contributed by atoms with Crippen LogP contribution in [0.1, 0.15) is 11.1 Å². The Morgan fingerprint density at radius 3 is 2.59 bits per heavy atom. The first-order chi connectivity index (χ1) is 10.5. The van der Waals surface area contributed by atoms with Crippen molar-refractivity contribution in [2.45, 2.75) is 0 Å². The van der Waals surface area contributed by atoms with Crippen molar-refractivity contribution in [3.05, 3.63) is 55.1 Å². The number of allylic oxidation sites excluding steroid dienone is 1. The van der Waals surface area contributed by atoms with Gasteiger partial charge in [-0.3, -0.25) is 0 Å². The van der Waals surface area contributed by atoms with Gasteiger partial charge in [0.15, 0.2) is 11.5 Å². The second-order valence-corrected chi connectivity index (χ2v) is 6.33. The summed E-state index contributed by atoms with van der Waals surface area (Å²) in [5.41, 5.74) is 1.84. The number of hydrogen-bond donors (Lipinski definition) is 1. The van der Waals surface area contributed by atoms with Crippen LogP contribution in [-0.2, 0) is 0 Å². The maximum atomic E-state index is 9.85. The van der Waals surface area contributed by atoms with Gasteiger partial charge in [0.2, 0.25) is 0 Å². The number of ether oxygens (including phenoxy) is 1. The molecule has 0 aliphatic rings. The Labute approximate surface area is 151 Å². The van der Waals surface area contributed by atoms with Crippen LogP contribution in [0, 0.1) is 14.9 Å². The molecule has 2 aromatic carbocycles. The summed E-state index contributed by atoms with van der Waals surface area (Å²) in [4.78, 5) is 0. The van der Waals surface area contributed by atoms with Crippen LogP contribution in [0.2, 0.25) is 10.0 Å². The minimum atomic E-state index is 0.0771. The maximum Gasteiger partial charge on any atom is 0.171 e. The molecule has 0 aliphatic heterocycles. The molecule has 0 heterocycles. The van der Waals surface area contributed by atoms with E-state index in [0.717, 1.165) is 5.56 Å². The zero-order valence-electron chi connectivity index (χ0n) is 11.4. The molecule has 1 N–H and O–H groups in total. The first-order valence-corrected chi connectivity index (χ1v) is 7.93. The van der Waals surface area contributed by atoms with Crippen LogP contribution in [0.25, 0.3) is 11.6 Å². The van der Waals surface area contributed by atoms with E-state index >= 15 is 0 Å². The molecule has 112 valence electrons. The van der Waals surface area contributed by atoms with Gasteiger partial charge < -0.3 is 9.84 Å². The van der Waals surface area contributed by atoms with Crippen LogP contribution in [0.3, 0.4) is 0 Å². The van der Waals surface area contributed by atoms with Gasteiger partial charge >= 0.3 is 0 Å². The van der Waals surface area contributed by atoms with E-state index in [1.165, 1.54) is 7.11 Å². The highest BCUT2D eigenvalue weighted by Crippen LogP contribution is 2.34. The number of aromatic hydroxyl groups is 1. The number of halogens is 3. The lowest BCUT2D eigenvalue weighted by Gasteiger charge is -2.07. The lowest BCUT2D eigenvalue weighted by molar-refractivity contribution is 0.371. The van der Waals surface area contributed by atoms with Crippen molar-refractivity contribution in [2.24, 2.45) is 0 Å². The average molecular weight is 446 g/mol. The summed E-state index contributed by atoms with van der Waals surface area (Å²) < 4.78 is 5.75. The molecule has 0 saturated carbocycles. The minimum absolute atomic E-state index is 0.0771. The summed E-state index contributed by atoms with van der Waals surface area (Å²) in [7, 11) is 1.48. The predicted molar refractivity (Wildman–Crippen MR) is 97.3 cm³/mol. The van der Waals surface area contributed by atoms with E-state index in [9.17, 15) is 10.4 Å². The Bertz CT molecular complexity index is 797. The second-order valence-electron chi connectivity index (χ2n) is 4.35. The van der Waals surface area contributed by atoms with Gasteiger partial charge in [0.25, 0.3) is 0 Å². The van der Waals surface area contributed by atoms with Crippen LogP contribution in [-0.4, -0.2) is 12.2 Å². The van der Waals surface area contributed by atoms with E-state index in [4.69, 9.17) is 27.9 Å². The zero-order valence-corrected chi connectivity index (χ0v) is 15.1. The smallest absolute Gasteiger partial charge is 0.171 e. The van der Waals surface area contributed by atoms with Crippen molar-refractivity contribution in [2.75, 3.05) is 7.11 Å². The molecule has 22 heavy (non-hydrogen) atoms. The average Bonchev–Trinajstić information content (AvgIpc) is 2.51. The SMILES string of the molecule is COc1cc(/C=C(/C#N)c2ccc(Cl)c(Cl)c2)cc(I)c1O. The highest BCUT2D eigenvalue weighted by Gasteiger charge is 2.09. The Morgan fingerprint density at radius 2 is 2.00 bits per heavy atom. The molecular weight excluding hydrogens is 436 g/mol. The van der Waals surface area contributed by atoms with Gasteiger partial charge in [-0.05, 0) is 64.1 Å². The molecule has 0 bridgehead atoms. The molecule has 0 aromatic heterocycles. The highest BCUT2D eigenvalue weighted by molar-refractivity contribution is 14.1. The Kier molecular flexibility index (Phi) is 5.57. The summed E-state index contributed by atoms with van der Waals surface area (Å²) in [5, 5.41) is 20.0. The quantitative estimate of drug-likeness (QED) is 0.392. The lowest BCUT2D eigenvalue weighted by Crippen LogP contribution is -1.89. The first kappa shape index (κ1) is 16.9. The number of nitrogens with zero attached hydrogens (tertiary/aromatic N) is 1. The molecule has 2 aromatic rings. The van der Waals surface area contributed by atoms with Gasteiger partial charge in [-0.1, -0.05) is 29.3 Å². The van der Waals surface area contributed by atoms with Crippen molar-refractivity contribution in [3.63, 3.8) is 0 Å². The molecule has 0 saturated heterocycles. The van der Waals surface area contributed by atoms with Gasteiger partial charge in [0.05, 0.1) is 32.4 Å². The fraction of sp³-hybridized carbons (Fsp3) is 0.0625. The maximum absolute atomic E-state index is 9.85. The molecule has 0 atom stereocenters. The topological polar surface area (TPSA) is 53.2 Å². The zero-order chi connectivity index (χ0) is 16.3. The highest BCUT2D eigenvalue weighted by atomic mass is 127. The normalized spacial score (nSPS) is 11.1. The Morgan fingerprint density at radius 1 is 1.27 bits per heavy atom. The second kappa shape index (κ2) is 7.23. The molecule has 2 rings (SSSR count). The van der Waals surface area contributed by atoms with Crippen molar-refractivity contribution < 1.29 is 9.84 Å². The molecular formula is C16H10Cl2INO2. The lowest BCUT2D eigenvalue weighted by atomic mass is 10.0. The number of phenols is 1. The largest absolute Gasteiger partial charge is 0.504 e. The third kappa shape index (κ3) is 3.67. The predicted octanol–water partition coefficient (Wildman–Crippen LogP) is 5.38. The molecule has 3 nitrogen and oxygen atoms in total. The number of benzene rings is 2. The monoisotopic (exact) mass is 445 g/mol. The van der Waals surface area contributed by atoms with Crippen LogP contribution >= 0.6 is 45.8 Å². The van der Waals surface area contributed by atoms with E-state index in [1.54, 1.807) is 36.4 Å². The first-order valence-electron chi connectivity index (χ1n) is 6.10. The molecule has 0 fully saturated rings. The van der Waals surface area contributed by atoms with E-state index in [0.29, 0.717) is 30.5 Å². The van der Waals surface area contributed by atoms with E-state index in [2.05, 4.69) is 6.07 Å². The minimum Gasteiger partial charge on any atom is -0.504 e. The molecule has 0 amide bonds. The molecule has 6 heteroatoms. The standard InChI is InChI=1S/C16H10Cl2INO2/c1-22-15-6-9(5-14(19)16(15)21)4-11(8-20)10-2-3-12(17)13(18)7-10/h2-7,21H,1H3/b11-4-. The Balaban J connectivity index is 2.52. The summed E-state index contributed by atoms with van der Waals surface area (Å²) in [6, 6.07) is 10.6. The number of nitriles is 1. The molecule has 0 unspecified atom stereocenters. The third-order valence-corrected chi connectivity index (χ3v) is 4.49. The van der Waals surface area contributed by atoms with Crippen molar-refractivity contribution in [1.29, 1.82) is 5.26 Å². The molecule has 0 radical (unpaired) electrons. The Hall–Kier alpha value is -1.42. The summed E-state index contributed by atoms with van der Waals surface area (Å²) >= 11 is 13.9. The molecule has 0 aliphatic carbocycles. The van der Waals surface area contributed by atoms with Gasteiger partial charge in [-0.2, -0.15) is 5.26 Å². The van der Waals surface area contributed by atoms with Crippen molar-refractivity contribution in [1.82, 2.24) is 0 Å². The number of phenolic OH excluding ortho intramolecular Hbond substituents is 1. The van der Waals surface area contributed by atoms with Crippen LogP contribution in [0.4, 0.5) is 0 Å².